The van der Waals surface area contributed by atoms with Crippen LogP contribution in [0.3, 0.4) is 0 Å². The molecule has 1 amide bonds. The summed E-state index contributed by atoms with van der Waals surface area (Å²) < 4.78 is 10.6. The van der Waals surface area contributed by atoms with E-state index >= 15 is 0 Å². The lowest BCUT2D eigenvalue weighted by atomic mass is 9.78. The third-order valence-corrected chi connectivity index (χ3v) is 6.39. The molecule has 1 fully saturated rings. The van der Waals surface area contributed by atoms with E-state index in [1.165, 1.54) is 0 Å². The topological polar surface area (TPSA) is 118 Å². The summed E-state index contributed by atoms with van der Waals surface area (Å²) in [5.74, 6) is 1.41. The van der Waals surface area contributed by atoms with Gasteiger partial charge in [0.05, 0.1) is 29.4 Å². The van der Waals surface area contributed by atoms with Crippen LogP contribution in [-0.2, 0) is 17.8 Å². The number of nitrogens with zero attached hydrogens (tertiary/aromatic N) is 3. The molecule has 4 heterocycles. The van der Waals surface area contributed by atoms with Gasteiger partial charge in [-0.1, -0.05) is 0 Å². The van der Waals surface area contributed by atoms with Crippen LogP contribution < -0.4 is 20.1 Å². The predicted octanol–water partition coefficient (Wildman–Crippen LogP) is 2.37. The number of methoxy groups -OCH3 is 1. The van der Waals surface area contributed by atoms with E-state index in [-0.39, 0.29) is 12.5 Å². The summed E-state index contributed by atoms with van der Waals surface area (Å²) in [6.45, 7) is 0.612. The molecule has 172 valence electrons. The van der Waals surface area contributed by atoms with Gasteiger partial charge in [0.15, 0.2) is 18.2 Å². The molecule has 0 spiro atoms. The lowest BCUT2D eigenvalue weighted by molar-refractivity contribution is -0.118. The maximum Gasteiger partial charge on any atom is 0.263 e. The molecule has 0 radical (unpaired) electrons. The third-order valence-electron chi connectivity index (χ3n) is 6.39. The predicted molar refractivity (Wildman–Crippen MR) is 122 cm³/mol. The van der Waals surface area contributed by atoms with Gasteiger partial charge in [0.2, 0.25) is 5.88 Å². The first kappa shape index (κ1) is 21.5. The number of carbonyl (C=O) groups is 1. The van der Waals surface area contributed by atoms with E-state index in [1.54, 1.807) is 19.4 Å². The van der Waals surface area contributed by atoms with Crippen LogP contribution in [-0.4, -0.2) is 51.3 Å². The summed E-state index contributed by atoms with van der Waals surface area (Å²) in [6.07, 6.45) is 5.41. The van der Waals surface area contributed by atoms with Gasteiger partial charge in [0.1, 0.15) is 0 Å². The molecular weight excluding hydrogens is 422 g/mol. The fourth-order valence-electron chi connectivity index (χ4n) is 4.56. The van der Waals surface area contributed by atoms with Crippen molar-refractivity contribution < 1.29 is 19.4 Å². The molecule has 3 aromatic rings. The summed E-state index contributed by atoms with van der Waals surface area (Å²) in [6, 6.07) is 9.65. The Balaban J connectivity index is 1.19. The second kappa shape index (κ2) is 8.92. The van der Waals surface area contributed by atoms with Crippen molar-refractivity contribution in [1.82, 2.24) is 20.3 Å². The molecule has 33 heavy (non-hydrogen) atoms. The number of ether oxygens (including phenoxy) is 2. The number of nitrogens with one attached hydrogen (secondary N) is 2. The first-order valence-electron chi connectivity index (χ1n) is 11.2. The van der Waals surface area contributed by atoms with Crippen LogP contribution in [0.5, 0.6) is 11.6 Å². The Bertz CT molecular complexity index is 1180. The minimum absolute atomic E-state index is 0.0240. The van der Waals surface area contributed by atoms with Crippen molar-refractivity contribution in [1.29, 1.82) is 0 Å². The van der Waals surface area contributed by atoms with E-state index in [1.807, 2.05) is 24.3 Å². The third kappa shape index (κ3) is 4.74. The SMILES string of the molecule is COc1ccc2nccc(CC3(O)CCC(NCc4ccc5c(n4)NC(=O)CO5)CC3)c2n1. The zero-order valence-electron chi connectivity index (χ0n) is 18.5. The lowest BCUT2D eigenvalue weighted by Crippen LogP contribution is -2.42. The standard InChI is InChI=1S/C24H27N5O4/c1-32-21-5-3-18-22(29-21)15(8-11-25-18)12-24(31)9-6-16(7-10-24)26-13-17-2-4-19-23(27-17)28-20(30)14-33-19/h2-5,8,11,16,26,31H,6-7,9-10,12-14H2,1H3,(H,27,28,30). The van der Waals surface area contributed by atoms with Gasteiger partial charge in [0, 0.05) is 31.3 Å². The van der Waals surface area contributed by atoms with Gasteiger partial charge in [-0.15, -0.1) is 0 Å². The van der Waals surface area contributed by atoms with Crippen LogP contribution >= 0.6 is 0 Å². The normalized spacial score (nSPS) is 22.4. The van der Waals surface area contributed by atoms with Crippen molar-refractivity contribution in [3.05, 3.63) is 47.8 Å². The minimum Gasteiger partial charge on any atom is -0.481 e. The van der Waals surface area contributed by atoms with Gasteiger partial charge >= 0.3 is 0 Å². The van der Waals surface area contributed by atoms with E-state index in [2.05, 4.69) is 25.6 Å². The molecule has 9 nitrogen and oxygen atoms in total. The van der Waals surface area contributed by atoms with Crippen molar-refractivity contribution in [2.45, 2.75) is 50.3 Å². The monoisotopic (exact) mass is 449 g/mol. The maximum atomic E-state index is 11.5. The quantitative estimate of drug-likeness (QED) is 0.525. The number of hydrogen-bond acceptors (Lipinski definition) is 8. The summed E-state index contributed by atoms with van der Waals surface area (Å²) in [7, 11) is 1.59. The Labute approximate surface area is 191 Å². The van der Waals surface area contributed by atoms with E-state index in [0.29, 0.717) is 49.3 Å². The van der Waals surface area contributed by atoms with Crippen molar-refractivity contribution in [2.24, 2.45) is 0 Å². The average molecular weight is 450 g/mol. The van der Waals surface area contributed by atoms with Crippen LogP contribution in [0.2, 0.25) is 0 Å². The first-order chi connectivity index (χ1) is 16.0. The zero-order valence-corrected chi connectivity index (χ0v) is 18.5. The largest absolute Gasteiger partial charge is 0.481 e. The van der Waals surface area contributed by atoms with Gasteiger partial charge in [-0.05, 0) is 55.5 Å². The molecule has 5 rings (SSSR count). The molecule has 9 heteroatoms. The molecule has 0 unspecified atom stereocenters. The molecule has 2 aliphatic rings. The van der Waals surface area contributed by atoms with Crippen molar-refractivity contribution in [2.75, 3.05) is 19.0 Å². The number of amides is 1. The number of carbonyl (C=O) groups excluding carboxylic acids is 1. The smallest absolute Gasteiger partial charge is 0.263 e. The minimum atomic E-state index is -0.775. The van der Waals surface area contributed by atoms with Gasteiger partial charge in [-0.3, -0.25) is 9.78 Å². The highest BCUT2D eigenvalue weighted by atomic mass is 16.5. The van der Waals surface area contributed by atoms with Crippen molar-refractivity contribution in [3.63, 3.8) is 0 Å². The first-order valence-corrected chi connectivity index (χ1v) is 11.2. The van der Waals surface area contributed by atoms with Crippen LogP contribution in [0.4, 0.5) is 5.82 Å². The lowest BCUT2D eigenvalue weighted by Gasteiger charge is -2.36. The Morgan fingerprint density at radius 3 is 2.88 bits per heavy atom. The highest BCUT2D eigenvalue weighted by molar-refractivity contribution is 5.94. The molecule has 0 bridgehead atoms. The highest BCUT2D eigenvalue weighted by Crippen LogP contribution is 2.33. The number of aliphatic hydroxyl groups is 1. The molecule has 1 saturated carbocycles. The Kier molecular flexibility index (Phi) is 5.82. The van der Waals surface area contributed by atoms with Gasteiger partial charge in [-0.2, -0.15) is 0 Å². The second-order valence-corrected chi connectivity index (χ2v) is 8.73. The fraction of sp³-hybridized carbons (Fsp3) is 0.417. The Morgan fingerprint density at radius 1 is 1.21 bits per heavy atom. The number of hydrogen-bond donors (Lipinski definition) is 3. The number of fused-ring (bicyclic) bond motifs is 2. The fourth-order valence-corrected chi connectivity index (χ4v) is 4.56. The Hall–Kier alpha value is -3.30. The van der Waals surface area contributed by atoms with E-state index < -0.39 is 5.60 Å². The van der Waals surface area contributed by atoms with Gasteiger partial charge < -0.3 is 25.2 Å². The van der Waals surface area contributed by atoms with E-state index in [9.17, 15) is 9.90 Å². The van der Waals surface area contributed by atoms with Crippen LogP contribution in [0.1, 0.15) is 36.9 Å². The molecular formula is C24H27N5O4. The maximum absolute atomic E-state index is 11.5. The van der Waals surface area contributed by atoms with E-state index in [0.717, 1.165) is 35.1 Å². The highest BCUT2D eigenvalue weighted by Gasteiger charge is 2.34. The Morgan fingerprint density at radius 2 is 2.06 bits per heavy atom. The van der Waals surface area contributed by atoms with Gasteiger partial charge in [0.25, 0.3) is 5.91 Å². The summed E-state index contributed by atoms with van der Waals surface area (Å²) in [5.41, 5.74) is 2.62. The number of anilines is 1. The van der Waals surface area contributed by atoms with Crippen molar-refractivity contribution >= 4 is 22.8 Å². The summed E-state index contributed by atoms with van der Waals surface area (Å²) in [4.78, 5) is 24.9. The molecule has 1 aliphatic heterocycles. The zero-order chi connectivity index (χ0) is 22.8. The molecule has 3 aromatic heterocycles. The summed E-state index contributed by atoms with van der Waals surface area (Å²) in [5, 5.41) is 17.6. The van der Waals surface area contributed by atoms with Crippen LogP contribution in [0.15, 0.2) is 36.5 Å². The summed E-state index contributed by atoms with van der Waals surface area (Å²) >= 11 is 0. The second-order valence-electron chi connectivity index (χ2n) is 8.73. The molecule has 0 atom stereocenters. The molecule has 1 aliphatic carbocycles. The van der Waals surface area contributed by atoms with Crippen LogP contribution in [0, 0.1) is 0 Å². The number of aromatic nitrogens is 3. The van der Waals surface area contributed by atoms with Crippen molar-refractivity contribution in [3.8, 4) is 11.6 Å². The van der Waals surface area contributed by atoms with Crippen LogP contribution in [0.25, 0.3) is 11.0 Å². The van der Waals surface area contributed by atoms with Gasteiger partial charge in [-0.25, -0.2) is 9.97 Å². The molecule has 3 N–H and O–H groups in total. The number of pyridine rings is 3. The number of rotatable bonds is 6. The van der Waals surface area contributed by atoms with E-state index in [4.69, 9.17) is 9.47 Å². The average Bonchev–Trinajstić information content (AvgIpc) is 2.83. The molecule has 0 saturated heterocycles. The molecule has 0 aromatic carbocycles.